The minimum Gasteiger partial charge on any atom is -0.354 e. The SMILES string of the molecule is Cc1cc(F)ccc1-c1ccc2[nH]c(-c3c(F)cccc3F)cc2c1. The molecular weight excluding hydrogens is 323 g/mol. The lowest BCUT2D eigenvalue weighted by atomic mass is 9.99. The molecule has 4 aromatic rings. The molecule has 25 heavy (non-hydrogen) atoms. The fraction of sp³-hybridized carbons (Fsp3) is 0.0476. The van der Waals surface area contributed by atoms with Crippen molar-refractivity contribution in [2.24, 2.45) is 0 Å². The molecule has 0 aliphatic carbocycles. The molecule has 0 saturated carbocycles. The Labute approximate surface area is 142 Å². The van der Waals surface area contributed by atoms with Crippen LogP contribution in [-0.4, -0.2) is 4.98 Å². The van der Waals surface area contributed by atoms with Gasteiger partial charge in [-0.15, -0.1) is 0 Å². The van der Waals surface area contributed by atoms with E-state index in [-0.39, 0.29) is 11.4 Å². The maximum Gasteiger partial charge on any atom is 0.135 e. The van der Waals surface area contributed by atoms with Gasteiger partial charge in [-0.05, 0) is 66.1 Å². The molecule has 0 atom stereocenters. The van der Waals surface area contributed by atoms with Crippen molar-refractivity contribution in [3.05, 3.63) is 83.7 Å². The summed E-state index contributed by atoms with van der Waals surface area (Å²) in [6.45, 7) is 1.85. The standard InChI is InChI=1S/C21H14F3N/c1-12-9-15(22)6-7-16(12)13-5-8-19-14(10-13)11-20(25-19)21-17(23)3-2-4-18(21)24/h2-11,25H,1H3. The number of rotatable bonds is 2. The number of H-pyrrole nitrogens is 1. The van der Waals surface area contributed by atoms with Crippen molar-refractivity contribution in [1.29, 1.82) is 0 Å². The summed E-state index contributed by atoms with van der Waals surface area (Å²) >= 11 is 0. The van der Waals surface area contributed by atoms with Crippen LogP contribution < -0.4 is 0 Å². The predicted octanol–water partition coefficient (Wildman–Crippen LogP) is 6.23. The van der Waals surface area contributed by atoms with Gasteiger partial charge in [-0.2, -0.15) is 0 Å². The van der Waals surface area contributed by atoms with Crippen LogP contribution in [0.3, 0.4) is 0 Å². The quantitative estimate of drug-likeness (QED) is 0.446. The number of aromatic amines is 1. The van der Waals surface area contributed by atoms with E-state index in [9.17, 15) is 13.2 Å². The van der Waals surface area contributed by atoms with Gasteiger partial charge in [-0.3, -0.25) is 0 Å². The molecule has 1 heterocycles. The number of hydrogen-bond acceptors (Lipinski definition) is 0. The lowest BCUT2D eigenvalue weighted by Crippen LogP contribution is -1.89. The molecule has 0 fully saturated rings. The maximum absolute atomic E-state index is 14.0. The fourth-order valence-corrected chi connectivity index (χ4v) is 3.14. The van der Waals surface area contributed by atoms with Gasteiger partial charge in [0, 0.05) is 10.9 Å². The molecule has 1 aromatic heterocycles. The van der Waals surface area contributed by atoms with Crippen molar-refractivity contribution in [1.82, 2.24) is 4.98 Å². The van der Waals surface area contributed by atoms with E-state index in [4.69, 9.17) is 0 Å². The van der Waals surface area contributed by atoms with Crippen LogP contribution in [0.2, 0.25) is 0 Å². The summed E-state index contributed by atoms with van der Waals surface area (Å²) < 4.78 is 41.3. The lowest BCUT2D eigenvalue weighted by Gasteiger charge is -2.06. The van der Waals surface area contributed by atoms with Gasteiger partial charge in [0.1, 0.15) is 17.5 Å². The second-order valence-corrected chi connectivity index (χ2v) is 6.04. The highest BCUT2D eigenvalue weighted by atomic mass is 19.1. The number of fused-ring (bicyclic) bond motifs is 1. The Morgan fingerprint density at radius 3 is 2.28 bits per heavy atom. The lowest BCUT2D eigenvalue weighted by molar-refractivity contribution is 0.589. The van der Waals surface area contributed by atoms with Crippen molar-refractivity contribution in [3.63, 3.8) is 0 Å². The zero-order valence-corrected chi connectivity index (χ0v) is 13.4. The molecule has 0 aliphatic heterocycles. The summed E-state index contributed by atoms with van der Waals surface area (Å²) in [5, 5.41) is 0.832. The van der Waals surface area contributed by atoms with E-state index in [1.54, 1.807) is 12.1 Å². The van der Waals surface area contributed by atoms with Gasteiger partial charge < -0.3 is 4.98 Å². The number of aryl methyl sites for hydroxylation is 1. The smallest absolute Gasteiger partial charge is 0.135 e. The first-order valence-electron chi connectivity index (χ1n) is 7.86. The first-order chi connectivity index (χ1) is 12.0. The summed E-state index contributed by atoms with van der Waals surface area (Å²) in [4.78, 5) is 3.06. The Morgan fingerprint density at radius 2 is 1.56 bits per heavy atom. The third-order valence-corrected chi connectivity index (χ3v) is 4.35. The minimum absolute atomic E-state index is 0.0711. The summed E-state index contributed by atoms with van der Waals surface area (Å²) in [5.74, 6) is -1.50. The van der Waals surface area contributed by atoms with Gasteiger partial charge >= 0.3 is 0 Å². The van der Waals surface area contributed by atoms with Crippen molar-refractivity contribution in [3.8, 4) is 22.4 Å². The van der Waals surface area contributed by atoms with Gasteiger partial charge in [-0.1, -0.05) is 18.2 Å². The van der Waals surface area contributed by atoms with Crippen LogP contribution in [0.25, 0.3) is 33.3 Å². The second-order valence-electron chi connectivity index (χ2n) is 6.04. The van der Waals surface area contributed by atoms with Gasteiger partial charge in [0.15, 0.2) is 0 Å². The number of hydrogen-bond donors (Lipinski definition) is 1. The van der Waals surface area contributed by atoms with Crippen LogP contribution in [0.15, 0.2) is 60.7 Å². The molecule has 0 bridgehead atoms. The van der Waals surface area contributed by atoms with Gasteiger partial charge in [0.25, 0.3) is 0 Å². The maximum atomic E-state index is 14.0. The van der Waals surface area contributed by atoms with E-state index >= 15 is 0 Å². The van der Waals surface area contributed by atoms with Gasteiger partial charge in [0.05, 0.1) is 11.3 Å². The van der Waals surface area contributed by atoms with Crippen molar-refractivity contribution < 1.29 is 13.2 Å². The molecule has 0 saturated heterocycles. The number of benzene rings is 3. The molecule has 0 radical (unpaired) electrons. The van der Waals surface area contributed by atoms with E-state index in [2.05, 4.69) is 4.98 Å². The molecule has 3 aromatic carbocycles. The number of halogens is 3. The molecule has 0 amide bonds. The predicted molar refractivity (Wildman–Crippen MR) is 93.8 cm³/mol. The number of aromatic nitrogens is 1. The molecule has 1 nitrogen and oxygen atoms in total. The normalized spacial score (nSPS) is 11.2. The molecule has 1 N–H and O–H groups in total. The van der Waals surface area contributed by atoms with Crippen LogP contribution in [0.1, 0.15) is 5.56 Å². The average Bonchev–Trinajstić information content (AvgIpc) is 2.97. The topological polar surface area (TPSA) is 15.8 Å². The highest BCUT2D eigenvalue weighted by Crippen LogP contribution is 2.32. The molecule has 0 aliphatic rings. The van der Waals surface area contributed by atoms with Crippen LogP contribution >= 0.6 is 0 Å². The van der Waals surface area contributed by atoms with E-state index in [1.165, 1.54) is 30.3 Å². The van der Waals surface area contributed by atoms with Crippen LogP contribution in [0.5, 0.6) is 0 Å². The Morgan fingerprint density at radius 1 is 0.800 bits per heavy atom. The Bertz CT molecular complexity index is 1080. The van der Waals surface area contributed by atoms with E-state index in [0.29, 0.717) is 5.69 Å². The summed E-state index contributed by atoms with van der Waals surface area (Å²) in [6, 6.07) is 15.8. The minimum atomic E-state index is -0.610. The molecule has 4 rings (SSSR count). The summed E-state index contributed by atoms with van der Waals surface area (Å²) in [5.41, 5.74) is 3.76. The first-order valence-corrected chi connectivity index (χ1v) is 7.86. The largest absolute Gasteiger partial charge is 0.354 e. The van der Waals surface area contributed by atoms with E-state index in [1.807, 2.05) is 25.1 Å². The molecule has 0 unspecified atom stereocenters. The van der Waals surface area contributed by atoms with Crippen LogP contribution in [0.4, 0.5) is 13.2 Å². The van der Waals surface area contributed by atoms with Gasteiger partial charge in [0.2, 0.25) is 0 Å². The zero-order valence-electron chi connectivity index (χ0n) is 13.4. The highest BCUT2D eigenvalue weighted by molar-refractivity contribution is 5.90. The van der Waals surface area contributed by atoms with Gasteiger partial charge in [-0.25, -0.2) is 13.2 Å². The fourth-order valence-electron chi connectivity index (χ4n) is 3.14. The highest BCUT2D eigenvalue weighted by Gasteiger charge is 2.14. The first kappa shape index (κ1) is 15.5. The summed E-state index contributed by atoms with van der Waals surface area (Å²) in [6.07, 6.45) is 0. The Kier molecular flexibility index (Phi) is 3.61. The van der Waals surface area contributed by atoms with E-state index in [0.717, 1.165) is 27.6 Å². The van der Waals surface area contributed by atoms with Crippen molar-refractivity contribution in [2.45, 2.75) is 6.92 Å². The Hall–Kier alpha value is -3.01. The third-order valence-electron chi connectivity index (χ3n) is 4.35. The monoisotopic (exact) mass is 337 g/mol. The van der Waals surface area contributed by atoms with Crippen molar-refractivity contribution >= 4 is 10.9 Å². The van der Waals surface area contributed by atoms with E-state index < -0.39 is 11.6 Å². The van der Waals surface area contributed by atoms with Crippen molar-refractivity contribution in [2.75, 3.05) is 0 Å². The van der Waals surface area contributed by atoms with Crippen LogP contribution in [-0.2, 0) is 0 Å². The molecule has 4 heteroatoms. The third kappa shape index (κ3) is 2.70. The average molecular weight is 337 g/mol. The molecular formula is C21H14F3N. The second kappa shape index (κ2) is 5.81. The summed E-state index contributed by atoms with van der Waals surface area (Å²) in [7, 11) is 0. The Balaban J connectivity index is 1.85. The number of nitrogens with one attached hydrogen (secondary N) is 1. The molecule has 0 spiro atoms. The zero-order chi connectivity index (χ0) is 17.6. The molecule has 124 valence electrons. The van der Waals surface area contributed by atoms with Crippen LogP contribution in [0, 0.1) is 24.4 Å².